The lowest BCUT2D eigenvalue weighted by Crippen LogP contribution is -2.66. The van der Waals surface area contributed by atoms with Crippen molar-refractivity contribution in [1.29, 1.82) is 0 Å². The van der Waals surface area contributed by atoms with Gasteiger partial charge in [-0.15, -0.1) is 0 Å². The number of carbonyl (C=O) groups is 1. The van der Waals surface area contributed by atoms with E-state index in [2.05, 4.69) is 0 Å². The minimum Gasteiger partial charge on any atom is -0.393 e. The number of nitrogens with zero attached hydrogens (tertiary/aromatic N) is 2. The van der Waals surface area contributed by atoms with Gasteiger partial charge in [-0.2, -0.15) is 0 Å². The number of amides is 1. The second kappa shape index (κ2) is 5.23. The zero-order valence-electron chi connectivity index (χ0n) is 12.3. The van der Waals surface area contributed by atoms with E-state index in [-0.39, 0.29) is 31.2 Å². The molecule has 6 nitrogen and oxygen atoms in total. The third-order valence-corrected chi connectivity index (χ3v) is 4.19. The molecule has 3 rings (SSSR count). The van der Waals surface area contributed by atoms with Crippen molar-refractivity contribution in [3.8, 4) is 0 Å². The van der Waals surface area contributed by atoms with Gasteiger partial charge in [-0.05, 0) is 24.4 Å². The fourth-order valence-corrected chi connectivity index (χ4v) is 2.81. The highest BCUT2D eigenvalue weighted by molar-refractivity contribution is 5.84. The summed E-state index contributed by atoms with van der Waals surface area (Å²) in [6.07, 6.45) is 1.62. The molecule has 1 aromatic heterocycles. The SMILES string of the molecule is CC(C(=O)N1CC(O)(CO)C1)n1ccc2ccccc2c1=O. The van der Waals surface area contributed by atoms with Gasteiger partial charge in [0.1, 0.15) is 11.6 Å². The molecule has 0 bridgehead atoms. The predicted octanol–water partition coefficient (Wildman–Crippen LogP) is 0.128. The molecule has 1 unspecified atom stereocenters. The number of β-amino-alcohol motifs (C(OH)–C–C–N with tert-alkyl or cyclic N) is 1. The normalized spacial score (nSPS) is 18.0. The largest absolute Gasteiger partial charge is 0.393 e. The standard InChI is InChI=1S/C16H18N2O4/c1-11(14(20)17-8-16(22,9-17)10-19)18-7-6-12-4-2-3-5-13(12)15(18)21/h2-7,11,19,22H,8-10H2,1H3. The molecule has 0 radical (unpaired) electrons. The highest BCUT2D eigenvalue weighted by Crippen LogP contribution is 2.23. The van der Waals surface area contributed by atoms with Crippen LogP contribution in [-0.2, 0) is 4.79 Å². The summed E-state index contributed by atoms with van der Waals surface area (Å²) in [6, 6.07) is 8.39. The lowest BCUT2D eigenvalue weighted by molar-refractivity contribution is -0.165. The fourth-order valence-electron chi connectivity index (χ4n) is 2.81. The van der Waals surface area contributed by atoms with Crippen LogP contribution in [0.3, 0.4) is 0 Å². The Morgan fingerprint density at radius 3 is 2.68 bits per heavy atom. The van der Waals surface area contributed by atoms with Gasteiger partial charge in [-0.25, -0.2) is 0 Å². The molecule has 1 atom stereocenters. The van der Waals surface area contributed by atoms with Gasteiger partial charge in [0.25, 0.3) is 5.56 Å². The van der Waals surface area contributed by atoms with Crippen LogP contribution in [0, 0.1) is 0 Å². The van der Waals surface area contributed by atoms with Crippen LogP contribution in [0.5, 0.6) is 0 Å². The number of pyridine rings is 1. The van der Waals surface area contributed by atoms with E-state index >= 15 is 0 Å². The van der Waals surface area contributed by atoms with Gasteiger partial charge >= 0.3 is 0 Å². The molecule has 1 saturated heterocycles. The van der Waals surface area contributed by atoms with Crippen molar-refractivity contribution < 1.29 is 15.0 Å². The lowest BCUT2D eigenvalue weighted by atomic mass is 9.94. The Morgan fingerprint density at radius 2 is 2.00 bits per heavy atom. The number of aliphatic hydroxyl groups is 2. The van der Waals surface area contributed by atoms with Crippen LogP contribution in [0.15, 0.2) is 41.3 Å². The van der Waals surface area contributed by atoms with Crippen LogP contribution in [0.4, 0.5) is 0 Å². The molecule has 1 aromatic carbocycles. The first kappa shape index (κ1) is 14.7. The third kappa shape index (κ3) is 2.30. The second-order valence-electron chi connectivity index (χ2n) is 5.87. The van der Waals surface area contributed by atoms with E-state index in [0.29, 0.717) is 5.39 Å². The van der Waals surface area contributed by atoms with E-state index < -0.39 is 11.6 Å². The lowest BCUT2D eigenvalue weighted by Gasteiger charge is -2.46. The maximum Gasteiger partial charge on any atom is 0.259 e. The molecule has 116 valence electrons. The number of fused-ring (bicyclic) bond motifs is 1. The van der Waals surface area contributed by atoms with Crippen LogP contribution in [0.1, 0.15) is 13.0 Å². The van der Waals surface area contributed by atoms with Crippen molar-refractivity contribution in [2.24, 2.45) is 0 Å². The molecule has 22 heavy (non-hydrogen) atoms. The molecule has 2 N–H and O–H groups in total. The molecule has 1 aliphatic rings. The summed E-state index contributed by atoms with van der Waals surface area (Å²) < 4.78 is 1.40. The van der Waals surface area contributed by atoms with Crippen molar-refractivity contribution in [2.45, 2.75) is 18.6 Å². The highest BCUT2D eigenvalue weighted by atomic mass is 16.3. The zero-order chi connectivity index (χ0) is 15.9. The molecule has 0 spiro atoms. The summed E-state index contributed by atoms with van der Waals surface area (Å²) in [7, 11) is 0. The van der Waals surface area contributed by atoms with Crippen LogP contribution in [-0.4, -0.2) is 50.9 Å². The molecule has 1 fully saturated rings. The molecule has 0 saturated carbocycles. The maximum absolute atomic E-state index is 12.5. The first-order valence-electron chi connectivity index (χ1n) is 7.17. The summed E-state index contributed by atoms with van der Waals surface area (Å²) in [5.41, 5.74) is -1.42. The first-order chi connectivity index (χ1) is 10.4. The Balaban J connectivity index is 1.87. The minimum absolute atomic E-state index is 0.0923. The van der Waals surface area contributed by atoms with E-state index in [0.717, 1.165) is 5.39 Å². The molecule has 2 heterocycles. The van der Waals surface area contributed by atoms with Crippen LogP contribution in [0.2, 0.25) is 0 Å². The molecule has 0 aliphatic carbocycles. The average Bonchev–Trinajstić information content (AvgIpc) is 2.51. The number of benzene rings is 1. The number of carbonyl (C=O) groups excluding carboxylic acids is 1. The van der Waals surface area contributed by atoms with E-state index in [4.69, 9.17) is 5.11 Å². The van der Waals surface area contributed by atoms with Gasteiger partial charge in [0.15, 0.2) is 0 Å². The fraction of sp³-hybridized carbons (Fsp3) is 0.375. The van der Waals surface area contributed by atoms with Crippen molar-refractivity contribution >= 4 is 16.7 Å². The van der Waals surface area contributed by atoms with Crippen molar-refractivity contribution in [2.75, 3.05) is 19.7 Å². The van der Waals surface area contributed by atoms with Gasteiger partial charge in [-0.3, -0.25) is 9.59 Å². The van der Waals surface area contributed by atoms with Crippen molar-refractivity contribution in [1.82, 2.24) is 9.47 Å². The van der Waals surface area contributed by atoms with E-state index in [1.54, 1.807) is 31.3 Å². The minimum atomic E-state index is -1.20. The summed E-state index contributed by atoms with van der Waals surface area (Å²) in [6.45, 7) is 1.47. The van der Waals surface area contributed by atoms with Gasteiger partial charge in [0.2, 0.25) is 5.91 Å². The molecule has 1 amide bonds. The van der Waals surface area contributed by atoms with Crippen LogP contribution >= 0.6 is 0 Å². The number of rotatable bonds is 3. The average molecular weight is 302 g/mol. The van der Waals surface area contributed by atoms with Gasteiger partial charge in [-0.1, -0.05) is 18.2 Å². The summed E-state index contributed by atoms with van der Waals surface area (Å²) in [4.78, 5) is 26.3. The van der Waals surface area contributed by atoms with Gasteiger partial charge < -0.3 is 19.7 Å². The monoisotopic (exact) mass is 302 g/mol. The predicted molar refractivity (Wildman–Crippen MR) is 81.5 cm³/mol. The smallest absolute Gasteiger partial charge is 0.259 e. The third-order valence-electron chi connectivity index (χ3n) is 4.19. The number of aromatic nitrogens is 1. The number of aliphatic hydroxyl groups excluding tert-OH is 1. The summed E-state index contributed by atoms with van der Waals surface area (Å²) in [5, 5.41) is 20.2. The number of hydrogen-bond donors (Lipinski definition) is 2. The molecule has 2 aromatic rings. The Kier molecular flexibility index (Phi) is 3.50. The Labute approximate surface area is 127 Å². The van der Waals surface area contributed by atoms with Gasteiger partial charge in [0.05, 0.1) is 19.7 Å². The van der Waals surface area contributed by atoms with Crippen LogP contribution < -0.4 is 5.56 Å². The first-order valence-corrected chi connectivity index (χ1v) is 7.17. The van der Waals surface area contributed by atoms with Gasteiger partial charge in [0, 0.05) is 11.6 Å². The molecular weight excluding hydrogens is 284 g/mol. The Hall–Kier alpha value is -2.18. The number of likely N-dealkylation sites (tertiary alicyclic amines) is 1. The molecule has 1 aliphatic heterocycles. The Bertz CT molecular complexity index is 777. The summed E-state index contributed by atoms with van der Waals surface area (Å²) >= 11 is 0. The van der Waals surface area contributed by atoms with E-state index in [9.17, 15) is 14.7 Å². The molecular formula is C16H18N2O4. The van der Waals surface area contributed by atoms with Crippen molar-refractivity contribution in [3.05, 3.63) is 46.9 Å². The summed E-state index contributed by atoms with van der Waals surface area (Å²) in [5.74, 6) is -0.240. The van der Waals surface area contributed by atoms with Crippen LogP contribution in [0.25, 0.3) is 10.8 Å². The highest BCUT2D eigenvalue weighted by Gasteiger charge is 2.44. The number of hydrogen-bond acceptors (Lipinski definition) is 4. The maximum atomic E-state index is 12.5. The topological polar surface area (TPSA) is 82.8 Å². The second-order valence-corrected chi connectivity index (χ2v) is 5.87. The Morgan fingerprint density at radius 1 is 1.32 bits per heavy atom. The van der Waals surface area contributed by atoms with Crippen molar-refractivity contribution in [3.63, 3.8) is 0 Å². The quantitative estimate of drug-likeness (QED) is 0.844. The van der Waals surface area contributed by atoms with E-state index in [1.165, 1.54) is 9.47 Å². The van der Waals surface area contributed by atoms with E-state index in [1.807, 2.05) is 12.1 Å². The molecule has 6 heteroatoms. The zero-order valence-corrected chi connectivity index (χ0v) is 12.3.